The lowest BCUT2D eigenvalue weighted by molar-refractivity contribution is 0.444. The summed E-state index contributed by atoms with van der Waals surface area (Å²) in [6.45, 7) is 0. The third-order valence-electron chi connectivity index (χ3n) is 14.3. The van der Waals surface area contributed by atoms with Gasteiger partial charge in [-0.25, -0.2) is 0 Å². The van der Waals surface area contributed by atoms with Crippen molar-refractivity contribution in [2.45, 2.75) is 53.2 Å². The molecule has 1 fully saturated rings. The molecular formula is C55H41NSSi. The molecule has 58 heavy (non-hydrogen) atoms. The second-order valence-corrected chi connectivity index (χ2v) is 21.7. The summed E-state index contributed by atoms with van der Waals surface area (Å²) in [4.78, 5) is 5.24. The van der Waals surface area contributed by atoms with Crippen LogP contribution in [0.5, 0.6) is 0 Å². The monoisotopic (exact) mass is 775 g/mol. The van der Waals surface area contributed by atoms with Crippen molar-refractivity contribution in [3.05, 3.63) is 210 Å². The van der Waals surface area contributed by atoms with E-state index >= 15 is 0 Å². The average molecular weight is 776 g/mol. The number of nitrogens with zero attached hydrogens (tertiary/aromatic N) is 1. The van der Waals surface area contributed by atoms with Gasteiger partial charge in [0.25, 0.3) is 0 Å². The maximum absolute atomic E-state index is 2.67. The molecule has 0 bridgehead atoms. The minimum Gasteiger partial charge on any atom is -0.310 e. The summed E-state index contributed by atoms with van der Waals surface area (Å²) >= 11 is 1.90. The lowest BCUT2D eigenvalue weighted by Crippen LogP contribution is -2.70. The Morgan fingerprint density at radius 2 is 0.948 bits per heavy atom. The van der Waals surface area contributed by atoms with Gasteiger partial charge in [-0.05, 0) is 126 Å². The summed E-state index contributed by atoms with van der Waals surface area (Å²) in [6, 6.07) is 70.7. The number of fused-ring (bicyclic) bond motifs is 18. The van der Waals surface area contributed by atoms with Crippen molar-refractivity contribution >= 4 is 57.6 Å². The van der Waals surface area contributed by atoms with Crippen LogP contribution in [0.4, 0.5) is 17.1 Å². The minimum atomic E-state index is -2.67. The molecular weight excluding hydrogens is 735 g/mol. The normalized spacial score (nSPS) is 18.7. The van der Waals surface area contributed by atoms with Crippen LogP contribution in [-0.2, 0) is 5.41 Å². The third kappa shape index (κ3) is 4.18. The van der Waals surface area contributed by atoms with Crippen LogP contribution in [0.1, 0.15) is 65.8 Å². The highest BCUT2D eigenvalue weighted by Crippen LogP contribution is 2.62. The van der Waals surface area contributed by atoms with Gasteiger partial charge in [-0.2, -0.15) is 0 Å². The minimum absolute atomic E-state index is 0.454. The lowest BCUT2D eigenvalue weighted by Gasteiger charge is -2.49. The lowest BCUT2D eigenvalue weighted by atomic mass is 9.62. The van der Waals surface area contributed by atoms with E-state index in [1.807, 2.05) is 11.8 Å². The first-order valence-electron chi connectivity index (χ1n) is 21.1. The standard InChI is InChI=1S/C55H41NSSi/c1-2-16-36(17-3-1)37-30-33-53-42(34-37)40-19-5-15-29-52(40)58(53)51-28-14-4-18-39(51)41-32-31-38(35-54(41)58)56-47-24-10-6-20-43(47)55(44-21-7-11-25-48(44)56)45-22-8-12-26-49(45)57-50-27-13-9-23-46(50)55/h4-15,18-36H,1-3,16-17H2. The second-order valence-electron chi connectivity index (χ2n) is 16.9. The predicted octanol–water partition coefficient (Wildman–Crippen LogP) is 11.7. The number of para-hydroxylation sites is 2. The van der Waals surface area contributed by atoms with Gasteiger partial charge in [0.2, 0.25) is 0 Å². The van der Waals surface area contributed by atoms with E-state index in [4.69, 9.17) is 0 Å². The Morgan fingerprint density at radius 3 is 1.60 bits per heavy atom. The summed E-state index contributed by atoms with van der Waals surface area (Å²) in [7, 11) is -2.67. The van der Waals surface area contributed by atoms with Crippen LogP contribution in [0.3, 0.4) is 0 Å². The molecule has 0 radical (unpaired) electrons. The van der Waals surface area contributed by atoms with Gasteiger partial charge in [0.15, 0.2) is 8.07 Å². The Morgan fingerprint density at radius 1 is 0.431 bits per heavy atom. The summed E-state index contributed by atoms with van der Waals surface area (Å²) in [5, 5.41) is 6.15. The largest absolute Gasteiger partial charge is 0.310 e. The Kier molecular flexibility index (Phi) is 7.04. The van der Waals surface area contributed by atoms with Crippen molar-refractivity contribution in [3.8, 4) is 22.3 Å². The number of hydrogen-bond acceptors (Lipinski definition) is 2. The molecule has 1 aliphatic carbocycles. The number of benzene rings is 8. The van der Waals surface area contributed by atoms with Crippen molar-refractivity contribution in [1.29, 1.82) is 0 Å². The zero-order valence-electron chi connectivity index (χ0n) is 32.3. The highest BCUT2D eigenvalue weighted by atomic mass is 32.2. The molecule has 4 aliphatic heterocycles. The maximum atomic E-state index is 2.62. The Bertz CT molecular complexity index is 2920. The first-order valence-corrected chi connectivity index (χ1v) is 23.9. The summed E-state index contributed by atoms with van der Waals surface area (Å²) in [5.41, 5.74) is 15.9. The van der Waals surface area contributed by atoms with E-state index in [1.165, 1.54) is 114 Å². The molecule has 1 atom stereocenters. The Labute approximate surface area is 346 Å². The van der Waals surface area contributed by atoms with Gasteiger partial charge in [0, 0.05) is 15.5 Å². The highest BCUT2D eigenvalue weighted by Gasteiger charge is 2.55. The predicted molar refractivity (Wildman–Crippen MR) is 245 cm³/mol. The molecule has 0 amide bonds. The molecule has 2 spiro atoms. The van der Waals surface area contributed by atoms with E-state index in [9.17, 15) is 0 Å². The number of rotatable bonds is 2. The first-order chi connectivity index (χ1) is 28.8. The van der Waals surface area contributed by atoms with Crippen molar-refractivity contribution in [3.63, 3.8) is 0 Å². The van der Waals surface area contributed by atoms with Crippen molar-refractivity contribution in [1.82, 2.24) is 0 Å². The molecule has 1 nitrogen and oxygen atoms in total. The van der Waals surface area contributed by atoms with Gasteiger partial charge in [0.05, 0.1) is 16.8 Å². The van der Waals surface area contributed by atoms with Crippen LogP contribution in [0.15, 0.2) is 192 Å². The highest BCUT2D eigenvalue weighted by molar-refractivity contribution is 7.99. The van der Waals surface area contributed by atoms with Crippen LogP contribution < -0.4 is 25.6 Å². The van der Waals surface area contributed by atoms with Gasteiger partial charge >= 0.3 is 0 Å². The van der Waals surface area contributed by atoms with Gasteiger partial charge < -0.3 is 4.90 Å². The van der Waals surface area contributed by atoms with E-state index in [2.05, 4.69) is 187 Å². The fourth-order valence-corrected chi connectivity index (χ4v) is 18.9. The number of hydrogen-bond donors (Lipinski definition) is 0. The molecule has 13 rings (SSSR count). The summed E-state index contributed by atoms with van der Waals surface area (Å²) in [5.74, 6) is 0.670. The molecule has 0 saturated heterocycles. The van der Waals surface area contributed by atoms with Gasteiger partial charge in [0.1, 0.15) is 0 Å². The molecule has 0 N–H and O–H groups in total. The summed E-state index contributed by atoms with van der Waals surface area (Å²) < 4.78 is 0. The van der Waals surface area contributed by atoms with Crippen LogP contribution in [0.2, 0.25) is 0 Å². The molecule has 4 heterocycles. The third-order valence-corrected chi connectivity index (χ3v) is 20.4. The fourth-order valence-electron chi connectivity index (χ4n) is 12.1. The van der Waals surface area contributed by atoms with Crippen LogP contribution in [0, 0.1) is 0 Å². The van der Waals surface area contributed by atoms with Crippen LogP contribution >= 0.6 is 11.8 Å². The molecule has 276 valence electrons. The molecule has 1 unspecified atom stereocenters. The fraction of sp³-hybridized carbons (Fsp3) is 0.127. The average Bonchev–Trinajstić information content (AvgIpc) is 3.76. The smallest absolute Gasteiger partial charge is 0.182 e. The first kappa shape index (κ1) is 33.1. The molecule has 1 saturated carbocycles. The van der Waals surface area contributed by atoms with Crippen molar-refractivity contribution in [2.24, 2.45) is 0 Å². The molecule has 8 aromatic carbocycles. The van der Waals surface area contributed by atoms with E-state index in [0.29, 0.717) is 5.92 Å². The van der Waals surface area contributed by atoms with Gasteiger partial charge in [-0.3, -0.25) is 0 Å². The SMILES string of the molecule is c1ccc2c(c1)Sc1ccccc1C21c2ccccc2N(c2ccc3c(c2)[Si]2(c4ccccc4-c4cc(C5CCCCC5)ccc42)c2ccccc2-3)c2ccccc21. The zero-order chi connectivity index (χ0) is 38.0. The van der Waals surface area contributed by atoms with Gasteiger partial charge in [-0.15, -0.1) is 0 Å². The van der Waals surface area contributed by atoms with E-state index in [-0.39, 0.29) is 0 Å². The van der Waals surface area contributed by atoms with Crippen molar-refractivity contribution < 1.29 is 0 Å². The quantitative estimate of drug-likeness (QED) is 0.161. The van der Waals surface area contributed by atoms with E-state index < -0.39 is 13.5 Å². The molecule has 5 aliphatic rings. The van der Waals surface area contributed by atoms with Crippen LogP contribution in [-0.4, -0.2) is 8.07 Å². The summed E-state index contributed by atoms with van der Waals surface area (Å²) in [6.07, 6.45) is 6.70. The van der Waals surface area contributed by atoms with Crippen molar-refractivity contribution in [2.75, 3.05) is 4.90 Å². The molecule has 3 heteroatoms. The zero-order valence-corrected chi connectivity index (χ0v) is 34.1. The topological polar surface area (TPSA) is 3.24 Å². The van der Waals surface area contributed by atoms with Crippen LogP contribution in [0.25, 0.3) is 22.3 Å². The molecule has 8 aromatic rings. The van der Waals surface area contributed by atoms with Gasteiger partial charge in [-0.1, -0.05) is 177 Å². The maximum Gasteiger partial charge on any atom is 0.182 e. The molecule has 0 aromatic heterocycles. The Balaban J connectivity index is 1.07. The van der Waals surface area contributed by atoms with E-state index in [0.717, 1.165) is 0 Å². The van der Waals surface area contributed by atoms with E-state index in [1.54, 1.807) is 15.9 Å². The Hall–Kier alpha value is -5.87. The second kappa shape index (κ2) is 12.3. The number of anilines is 3.